The molecule has 0 aliphatic rings. The van der Waals surface area contributed by atoms with Gasteiger partial charge < -0.3 is 15.8 Å². The molecule has 7 heteroatoms. The van der Waals surface area contributed by atoms with Crippen LogP contribution in [-0.4, -0.2) is 34.0 Å². The van der Waals surface area contributed by atoms with Crippen LogP contribution in [-0.2, 0) is 0 Å². The quantitative estimate of drug-likeness (QED) is 0.372. The zero-order chi connectivity index (χ0) is 14.5. The Kier molecular flexibility index (Phi) is 3.90. The van der Waals surface area contributed by atoms with Gasteiger partial charge in [-0.05, 0) is 24.3 Å². The highest BCUT2D eigenvalue weighted by molar-refractivity contribution is 6.05. The van der Waals surface area contributed by atoms with Crippen molar-refractivity contribution in [3.05, 3.63) is 54.1 Å². The van der Waals surface area contributed by atoms with Crippen LogP contribution in [0.1, 0.15) is 16.1 Å². The lowest BCUT2D eigenvalue weighted by atomic mass is 10.2. The minimum Gasteiger partial charge on any atom is -0.409 e. The van der Waals surface area contributed by atoms with Crippen LogP contribution in [0.3, 0.4) is 0 Å². The molecule has 0 aromatic carbocycles. The molecular formula is C13H13N5O2. The number of nitrogens with two attached hydrogens (primary N) is 1. The van der Waals surface area contributed by atoms with Gasteiger partial charge >= 0.3 is 0 Å². The van der Waals surface area contributed by atoms with Gasteiger partial charge in [0.25, 0.3) is 5.91 Å². The van der Waals surface area contributed by atoms with Crippen LogP contribution in [0.5, 0.6) is 0 Å². The van der Waals surface area contributed by atoms with Crippen LogP contribution in [0.4, 0.5) is 5.69 Å². The molecule has 3 N–H and O–H groups in total. The van der Waals surface area contributed by atoms with Gasteiger partial charge in [-0.15, -0.1) is 0 Å². The summed E-state index contributed by atoms with van der Waals surface area (Å²) in [6.45, 7) is 0. The Morgan fingerprint density at radius 2 is 2.15 bits per heavy atom. The summed E-state index contributed by atoms with van der Waals surface area (Å²) in [6.07, 6.45) is 4.59. The van der Waals surface area contributed by atoms with Crippen LogP contribution in [0, 0.1) is 0 Å². The number of oxime groups is 1. The van der Waals surface area contributed by atoms with E-state index in [0.717, 1.165) is 0 Å². The largest absolute Gasteiger partial charge is 0.409 e. The number of amides is 1. The average molecular weight is 271 g/mol. The molecule has 7 nitrogen and oxygen atoms in total. The number of nitrogens with zero attached hydrogens (tertiary/aromatic N) is 4. The Balaban J connectivity index is 2.21. The lowest BCUT2D eigenvalue weighted by molar-refractivity contribution is 0.0988. The van der Waals surface area contributed by atoms with E-state index in [9.17, 15) is 4.79 Å². The molecule has 0 radical (unpaired) electrons. The van der Waals surface area contributed by atoms with Gasteiger partial charge in [-0.1, -0.05) is 5.16 Å². The molecule has 1 amide bonds. The third-order valence-electron chi connectivity index (χ3n) is 2.72. The van der Waals surface area contributed by atoms with E-state index >= 15 is 0 Å². The van der Waals surface area contributed by atoms with Crippen molar-refractivity contribution in [2.45, 2.75) is 0 Å². The second-order valence-electron chi connectivity index (χ2n) is 3.99. The maximum Gasteiger partial charge on any atom is 0.276 e. The maximum absolute atomic E-state index is 12.2. The van der Waals surface area contributed by atoms with Crippen LogP contribution in [0.25, 0.3) is 0 Å². The molecular weight excluding hydrogens is 258 g/mol. The summed E-state index contributed by atoms with van der Waals surface area (Å²) in [5, 5.41) is 11.4. The van der Waals surface area contributed by atoms with Gasteiger partial charge in [0.05, 0.1) is 11.9 Å². The third kappa shape index (κ3) is 2.72. The van der Waals surface area contributed by atoms with Gasteiger partial charge in [0, 0.05) is 25.0 Å². The second kappa shape index (κ2) is 5.79. The Morgan fingerprint density at radius 1 is 1.35 bits per heavy atom. The van der Waals surface area contributed by atoms with E-state index < -0.39 is 0 Å². The summed E-state index contributed by atoms with van der Waals surface area (Å²) >= 11 is 0. The van der Waals surface area contributed by atoms with Gasteiger partial charge in [-0.3, -0.25) is 14.8 Å². The van der Waals surface area contributed by atoms with Gasteiger partial charge in [0.2, 0.25) is 0 Å². The van der Waals surface area contributed by atoms with Crippen molar-refractivity contribution in [2.75, 3.05) is 11.9 Å². The summed E-state index contributed by atoms with van der Waals surface area (Å²) in [6, 6.07) is 6.60. The standard InChI is InChI=1S/C13H13N5O2/c1-18(10-3-2-6-15-8-10)13(19)11-5-4-9(7-16-11)12(14)17-20/h2-8,20H,1H3,(H2,14,17). The Labute approximate surface area is 115 Å². The van der Waals surface area contributed by atoms with Crippen molar-refractivity contribution < 1.29 is 10.0 Å². The molecule has 0 bridgehead atoms. The first kappa shape index (κ1) is 13.5. The first-order valence-electron chi connectivity index (χ1n) is 5.75. The molecule has 0 unspecified atom stereocenters. The summed E-state index contributed by atoms with van der Waals surface area (Å²) in [4.78, 5) is 21.6. The first-order chi connectivity index (χ1) is 9.63. The minimum atomic E-state index is -0.274. The van der Waals surface area contributed by atoms with E-state index in [1.165, 1.54) is 17.2 Å². The molecule has 102 valence electrons. The van der Waals surface area contributed by atoms with E-state index in [1.54, 1.807) is 37.6 Å². The number of carbonyl (C=O) groups excluding carboxylic acids is 1. The molecule has 20 heavy (non-hydrogen) atoms. The highest BCUT2D eigenvalue weighted by Gasteiger charge is 2.15. The molecule has 2 rings (SSSR count). The summed E-state index contributed by atoms with van der Waals surface area (Å²) in [5.41, 5.74) is 6.79. The topological polar surface area (TPSA) is 105 Å². The van der Waals surface area contributed by atoms with Gasteiger partial charge in [-0.2, -0.15) is 0 Å². The molecule has 0 spiro atoms. The lowest BCUT2D eigenvalue weighted by Gasteiger charge is -2.16. The molecule has 2 heterocycles. The van der Waals surface area contributed by atoms with E-state index in [1.807, 2.05) is 0 Å². The van der Waals surface area contributed by atoms with E-state index in [-0.39, 0.29) is 17.4 Å². The normalized spacial score (nSPS) is 11.2. The fraction of sp³-hybridized carbons (Fsp3) is 0.0769. The van der Waals surface area contributed by atoms with Crippen LogP contribution in [0.15, 0.2) is 48.0 Å². The van der Waals surface area contributed by atoms with Crippen LogP contribution >= 0.6 is 0 Å². The van der Waals surface area contributed by atoms with Crippen LogP contribution < -0.4 is 10.6 Å². The molecule has 2 aromatic rings. The Morgan fingerprint density at radius 3 is 2.70 bits per heavy atom. The summed E-state index contributed by atoms with van der Waals surface area (Å²) in [7, 11) is 1.64. The molecule has 0 aliphatic carbocycles. The summed E-state index contributed by atoms with van der Waals surface area (Å²) in [5.74, 6) is -0.332. The molecule has 0 fully saturated rings. The number of hydrogen-bond acceptors (Lipinski definition) is 5. The van der Waals surface area contributed by atoms with Gasteiger partial charge in [0.15, 0.2) is 5.84 Å². The molecule has 0 saturated carbocycles. The lowest BCUT2D eigenvalue weighted by Crippen LogP contribution is -2.27. The monoisotopic (exact) mass is 271 g/mol. The van der Waals surface area contributed by atoms with Crippen molar-refractivity contribution >= 4 is 17.4 Å². The van der Waals surface area contributed by atoms with Crippen molar-refractivity contribution in [3.8, 4) is 0 Å². The summed E-state index contributed by atoms with van der Waals surface area (Å²) < 4.78 is 0. The van der Waals surface area contributed by atoms with E-state index in [0.29, 0.717) is 11.3 Å². The third-order valence-corrected chi connectivity index (χ3v) is 2.72. The molecule has 2 aromatic heterocycles. The minimum absolute atomic E-state index is 0.0582. The second-order valence-corrected chi connectivity index (χ2v) is 3.99. The van der Waals surface area contributed by atoms with Crippen molar-refractivity contribution in [1.29, 1.82) is 0 Å². The fourth-order valence-corrected chi connectivity index (χ4v) is 1.57. The van der Waals surface area contributed by atoms with Gasteiger partial charge in [0.1, 0.15) is 5.69 Å². The molecule has 0 aliphatic heterocycles. The molecule has 0 atom stereocenters. The fourth-order valence-electron chi connectivity index (χ4n) is 1.57. The van der Waals surface area contributed by atoms with Crippen molar-refractivity contribution in [3.63, 3.8) is 0 Å². The first-order valence-corrected chi connectivity index (χ1v) is 5.75. The number of anilines is 1. The Bertz CT molecular complexity index is 625. The number of amidine groups is 1. The zero-order valence-corrected chi connectivity index (χ0v) is 10.8. The predicted molar refractivity (Wildman–Crippen MR) is 73.7 cm³/mol. The van der Waals surface area contributed by atoms with E-state index in [2.05, 4.69) is 15.1 Å². The SMILES string of the molecule is CN(C(=O)c1ccc(C(N)=NO)cn1)c1cccnc1. The smallest absolute Gasteiger partial charge is 0.276 e. The van der Waals surface area contributed by atoms with Crippen molar-refractivity contribution in [2.24, 2.45) is 10.9 Å². The van der Waals surface area contributed by atoms with Gasteiger partial charge in [-0.25, -0.2) is 0 Å². The number of aromatic nitrogens is 2. The van der Waals surface area contributed by atoms with Crippen molar-refractivity contribution in [1.82, 2.24) is 9.97 Å². The zero-order valence-electron chi connectivity index (χ0n) is 10.8. The highest BCUT2D eigenvalue weighted by Crippen LogP contribution is 2.12. The average Bonchev–Trinajstić information content (AvgIpc) is 2.53. The van der Waals surface area contributed by atoms with Crippen LogP contribution in [0.2, 0.25) is 0 Å². The Hall–Kier alpha value is -2.96. The molecule has 0 saturated heterocycles. The number of carbonyl (C=O) groups is 1. The maximum atomic E-state index is 12.2. The number of rotatable bonds is 3. The van der Waals surface area contributed by atoms with E-state index in [4.69, 9.17) is 10.9 Å². The number of pyridine rings is 2. The predicted octanol–water partition coefficient (Wildman–Crippen LogP) is 0.848. The number of hydrogen-bond donors (Lipinski definition) is 2. The highest BCUT2D eigenvalue weighted by atomic mass is 16.4.